The zero-order valence-corrected chi connectivity index (χ0v) is 18.0. The van der Waals surface area contributed by atoms with Gasteiger partial charge in [0, 0.05) is 18.8 Å². The number of carbonyl (C=O) groups excluding carboxylic acids is 1. The number of alkyl halides is 3. The van der Waals surface area contributed by atoms with Crippen molar-refractivity contribution in [2.75, 3.05) is 19.5 Å². The molecule has 2 N–H and O–H groups in total. The third kappa shape index (κ3) is 7.96. The molecule has 0 saturated carbocycles. The molecule has 3 atom stereocenters. The van der Waals surface area contributed by atoms with Crippen molar-refractivity contribution in [2.45, 2.75) is 41.3 Å². The number of nitrogens with one attached hydrogen (secondary N) is 1. The van der Waals surface area contributed by atoms with Gasteiger partial charge in [-0.05, 0) is 31.0 Å². The summed E-state index contributed by atoms with van der Waals surface area (Å²) in [6.45, 7) is 0.828. The first-order valence-corrected chi connectivity index (χ1v) is 11.2. The lowest BCUT2D eigenvalue weighted by atomic mass is 9.89. The Bertz CT molecular complexity index is 789. The van der Waals surface area contributed by atoms with Gasteiger partial charge in [0.15, 0.2) is 27.0 Å². The van der Waals surface area contributed by atoms with Crippen LogP contribution in [0, 0.1) is 0 Å². The van der Waals surface area contributed by atoms with Crippen LogP contribution in [-0.4, -0.2) is 62.3 Å². The number of amides is 1. The number of benzene rings is 1. The van der Waals surface area contributed by atoms with Gasteiger partial charge < -0.3 is 19.9 Å². The molecule has 29 heavy (non-hydrogen) atoms. The molecule has 164 valence electrons. The van der Waals surface area contributed by atoms with E-state index in [9.17, 15) is 22.4 Å². The maximum atomic E-state index is 13.3. The molecule has 1 rings (SSSR count). The zero-order chi connectivity index (χ0) is 22.2. The predicted octanol–water partition coefficient (Wildman–Crippen LogP) is 2.88. The number of hydrogen-bond donors (Lipinski definition) is 2. The Morgan fingerprint density at radius 2 is 1.83 bits per heavy atom. The minimum atomic E-state index is -3.46. The molecule has 1 aromatic rings. The van der Waals surface area contributed by atoms with Crippen LogP contribution in [0.3, 0.4) is 0 Å². The first-order valence-electron chi connectivity index (χ1n) is 8.46. The van der Waals surface area contributed by atoms with Crippen molar-refractivity contribution in [3.05, 3.63) is 29.8 Å². The number of rotatable bonds is 11. The zero-order valence-electron chi connectivity index (χ0n) is 15.7. The predicted molar refractivity (Wildman–Crippen MR) is 105 cm³/mol. The quantitative estimate of drug-likeness (QED) is 0.288. The largest absolute Gasteiger partial charge is 0.506 e. The first-order chi connectivity index (χ1) is 13.5. The third-order valence-electron chi connectivity index (χ3n) is 3.92. The van der Waals surface area contributed by atoms with Crippen molar-refractivity contribution in [1.29, 1.82) is 0 Å². The molecule has 0 aromatic heterocycles. The lowest BCUT2D eigenvalue weighted by Gasteiger charge is -2.32. The van der Waals surface area contributed by atoms with Gasteiger partial charge in [-0.15, -0.1) is 0 Å². The summed E-state index contributed by atoms with van der Waals surface area (Å²) in [6.07, 6.45) is -3.48. The Labute approximate surface area is 178 Å². The molecule has 0 heterocycles. The van der Waals surface area contributed by atoms with E-state index in [4.69, 9.17) is 37.8 Å². The van der Waals surface area contributed by atoms with E-state index in [1.165, 1.54) is 24.3 Å². The maximum absolute atomic E-state index is 13.3. The Morgan fingerprint density at radius 3 is 2.24 bits per heavy atom. The van der Waals surface area contributed by atoms with Gasteiger partial charge in [0.25, 0.3) is 5.91 Å². The molecule has 0 bridgehead atoms. The molecule has 12 heteroatoms. The summed E-state index contributed by atoms with van der Waals surface area (Å²) in [5.41, 5.74) is 0.397. The second kappa shape index (κ2) is 11.5. The van der Waals surface area contributed by atoms with E-state index in [0.717, 1.165) is 6.26 Å². The molecular formula is C17H22Cl2FNO7S. The molecule has 0 radical (unpaired) electrons. The molecule has 0 fully saturated rings. The summed E-state index contributed by atoms with van der Waals surface area (Å²) in [4.78, 5) is 21.7. The second-order valence-electron chi connectivity index (χ2n) is 5.96. The maximum Gasteiger partial charge on any atom is 0.506 e. The minimum absolute atomic E-state index is 0.0396. The van der Waals surface area contributed by atoms with Gasteiger partial charge in [0.1, 0.15) is 0 Å². The Kier molecular flexibility index (Phi) is 10.1. The summed E-state index contributed by atoms with van der Waals surface area (Å²) < 4.78 is 46.9. The summed E-state index contributed by atoms with van der Waals surface area (Å²) in [7, 11) is -3.46. The van der Waals surface area contributed by atoms with Crippen LogP contribution in [0.25, 0.3) is 0 Å². The summed E-state index contributed by atoms with van der Waals surface area (Å²) in [5.74, 6) is -1.75. The number of carbonyl (C=O) groups is 2. The molecule has 0 aliphatic heterocycles. The normalized spacial score (nSPS) is 14.8. The highest BCUT2D eigenvalue weighted by Crippen LogP contribution is 2.30. The van der Waals surface area contributed by atoms with Crippen molar-refractivity contribution < 1.29 is 37.0 Å². The molecule has 0 aliphatic carbocycles. The van der Waals surface area contributed by atoms with Crippen LogP contribution in [-0.2, 0) is 24.1 Å². The fourth-order valence-corrected chi connectivity index (χ4v) is 3.43. The van der Waals surface area contributed by atoms with Crippen LogP contribution < -0.4 is 5.32 Å². The lowest BCUT2D eigenvalue weighted by molar-refractivity contribution is -0.130. The van der Waals surface area contributed by atoms with Gasteiger partial charge in [-0.1, -0.05) is 35.3 Å². The average molecular weight is 474 g/mol. The first kappa shape index (κ1) is 25.4. The number of sulfone groups is 1. The number of halogens is 3. The van der Waals surface area contributed by atoms with E-state index in [2.05, 4.69) is 5.32 Å². The highest BCUT2D eigenvalue weighted by molar-refractivity contribution is 7.90. The third-order valence-corrected chi connectivity index (χ3v) is 5.44. The van der Waals surface area contributed by atoms with Crippen LogP contribution in [0.4, 0.5) is 9.18 Å². The Balaban J connectivity index is 3.35. The fraction of sp³-hybridized carbons (Fsp3) is 0.529. The van der Waals surface area contributed by atoms with Crippen molar-refractivity contribution in [3.8, 4) is 0 Å². The Hall–Kier alpha value is -1.62. The van der Waals surface area contributed by atoms with Gasteiger partial charge in [-0.3, -0.25) is 9.18 Å². The van der Waals surface area contributed by atoms with Crippen molar-refractivity contribution >= 4 is 45.1 Å². The standard InChI is InChI=1S/C17H22Cl2FNO7S/c1-3-27-16(21-15(22)14(18)19)13(28-17(23)24)12(8-9-20)10-4-6-11(7-5-10)29(2,25)26/h4-7,12-14,16H,3,8-9H2,1-2H3,(H,21,22)(H,23,24)/t12?,13-,16+/m1/s1. The van der Waals surface area contributed by atoms with Crippen LogP contribution >= 0.6 is 23.2 Å². The Morgan fingerprint density at radius 1 is 1.24 bits per heavy atom. The lowest BCUT2D eigenvalue weighted by Crippen LogP contribution is -2.51. The molecule has 0 aliphatic rings. The molecule has 1 unspecified atom stereocenters. The van der Waals surface area contributed by atoms with Gasteiger partial charge in [0.05, 0.1) is 11.6 Å². The smallest absolute Gasteiger partial charge is 0.450 e. The van der Waals surface area contributed by atoms with E-state index in [1.54, 1.807) is 6.92 Å². The van der Waals surface area contributed by atoms with E-state index in [0.29, 0.717) is 5.56 Å². The average Bonchev–Trinajstić information content (AvgIpc) is 2.63. The van der Waals surface area contributed by atoms with E-state index >= 15 is 0 Å². The van der Waals surface area contributed by atoms with Crippen LogP contribution in [0.15, 0.2) is 29.2 Å². The second-order valence-corrected chi connectivity index (χ2v) is 9.07. The molecule has 0 saturated heterocycles. The van der Waals surface area contributed by atoms with Crippen LogP contribution in [0.1, 0.15) is 24.8 Å². The highest BCUT2D eigenvalue weighted by atomic mass is 35.5. The van der Waals surface area contributed by atoms with Gasteiger partial charge in [0.2, 0.25) is 0 Å². The fourth-order valence-electron chi connectivity index (χ4n) is 2.67. The van der Waals surface area contributed by atoms with Crippen molar-refractivity contribution in [1.82, 2.24) is 5.32 Å². The SMILES string of the molecule is CCO[C@H](NC(=O)C(Cl)Cl)[C@H](OC(=O)O)C(CCF)c1ccc(S(C)(=O)=O)cc1. The number of carboxylic acid groups (broad SMARTS) is 1. The molecule has 8 nitrogen and oxygen atoms in total. The van der Waals surface area contributed by atoms with E-state index < -0.39 is 51.7 Å². The van der Waals surface area contributed by atoms with Crippen LogP contribution in [0.2, 0.25) is 0 Å². The molecule has 1 amide bonds. The molecule has 1 aromatic carbocycles. The summed E-state index contributed by atoms with van der Waals surface area (Å²) in [5, 5.41) is 11.5. The van der Waals surface area contributed by atoms with E-state index in [1.807, 2.05) is 0 Å². The summed E-state index contributed by atoms with van der Waals surface area (Å²) >= 11 is 11.0. The van der Waals surface area contributed by atoms with Crippen molar-refractivity contribution in [3.63, 3.8) is 0 Å². The van der Waals surface area contributed by atoms with Gasteiger partial charge >= 0.3 is 6.16 Å². The highest BCUT2D eigenvalue weighted by Gasteiger charge is 2.36. The van der Waals surface area contributed by atoms with Gasteiger partial charge in [-0.25, -0.2) is 13.2 Å². The topological polar surface area (TPSA) is 119 Å². The minimum Gasteiger partial charge on any atom is -0.450 e. The monoisotopic (exact) mass is 473 g/mol. The number of hydrogen-bond acceptors (Lipinski definition) is 6. The summed E-state index contributed by atoms with van der Waals surface area (Å²) in [6, 6.07) is 5.47. The molecular weight excluding hydrogens is 452 g/mol. The van der Waals surface area contributed by atoms with Crippen LogP contribution in [0.5, 0.6) is 0 Å². The van der Waals surface area contributed by atoms with Gasteiger partial charge in [-0.2, -0.15) is 0 Å². The molecule has 0 spiro atoms. The number of ether oxygens (including phenoxy) is 2. The van der Waals surface area contributed by atoms with E-state index in [-0.39, 0.29) is 17.9 Å². The van der Waals surface area contributed by atoms with Crippen molar-refractivity contribution in [2.24, 2.45) is 0 Å².